The van der Waals surface area contributed by atoms with Crippen LogP contribution in [0.1, 0.15) is 23.3 Å². The Kier molecular flexibility index (Phi) is 6.79. The molecule has 1 aromatic heterocycles. The number of hydrogen-bond acceptors (Lipinski definition) is 13. The number of ether oxygens (including phenoxy) is 2. The van der Waals surface area contributed by atoms with E-state index in [9.17, 15) is 50.8 Å². The van der Waals surface area contributed by atoms with Gasteiger partial charge in [0.15, 0.2) is 11.0 Å². The molecule has 2 aromatic carbocycles. The second-order valence-corrected chi connectivity index (χ2v) is 9.36. The second kappa shape index (κ2) is 9.80. The van der Waals surface area contributed by atoms with Gasteiger partial charge in [-0.25, -0.2) is 0 Å². The molecule has 3 aromatic rings. The van der Waals surface area contributed by atoms with Gasteiger partial charge in [-0.15, -0.1) is 0 Å². The molecule has 13 heteroatoms. The van der Waals surface area contributed by atoms with Gasteiger partial charge in [0.05, 0.1) is 24.3 Å². The first-order valence-electron chi connectivity index (χ1n) is 11.7. The number of aliphatic hydroxyl groups is 6. The number of rotatable bonds is 3. The highest BCUT2D eigenvalue weighted by Crippen LogP contribution is 2.50. The average Bonchev–Trinajstić information content (AvgIpc) is 2.88. The number of hydrogen-bond donors (Lipinski definition) is 9. The summed E-state index contributed by atoms with van der Waals surface area (Å²) in [4.78, 5) is 13.3. The number of aliphatic hydroxyl groups excluding tert-OH is 6. The lowest BCUT2D eigenvalue weighted by Gasteiger charge is -2.38. The Morgan fingerprint density at radius 1 is 0.684 bits per heavy atom. The monoisotopic (exact) mass is 534 g/mol. The second-order valence-electron chi connectivity index (χ2n) is 9.36. The van der Waals surface area contributed by atoms with Gasteiger partial charge < -0.3 is 59.8 Å². The predicted octanol–water partition coefficient (Wildman–Crippen LogP) is -1.12. The van der Waals surface area contributed by atoms with Gasteiger partial charge in [0.25, 0.3) is 0 Å². The summed E-state index contributed by atoms with van der Waals surface area (Å²) >= 11 is 0. The minimum absolute atomic E-state index is 0.0475. The molecule has 2 saturated heterocycles. The molecule has 2 fully saturated rings. The molecule has 8 atom stereocenters. The molecule has 0 aliphatic carbocycles. The Morgan fingerprint density at radius 2 is 1.21 bits per heavy atom. The number of aromatic hydroxyl groups is 3. The van der Waals surface area contributed by atoms with E-state index < -0.39 is 101 Å². The highest BCUT2D eigenvalue weighted by atomic mass is 16.5. The maximum atomic E-state index is 13.3. The van der Waals surface area contributed by atoms with Gasteiger partial charge >= 0.3 is 0 Å². The van der Waals surface area contributed by atoms with E-state index in [2.05, 4.69) is 0 Å². The topological polar surface area (TPSA) is 231 Å². The molecule has 0 unspecified atom stereocenters. The van der Waals surface area contributed by atoms with Crippen LogP contribution in [0.5, 0.6) is 17.2 Å². The molecule has 5 rings (SSSR count). The van der Waals surface area contributed by atoms with E-state index in [0.717, 1.165) is 6.07 Å². The lowest BCUT2D eigenvalue weighted by Crippen LogP contribution is -2.49. The van der Waals surface area contributed by atoms with Crippen molar-refractivity contribution in [1.82, 2.24) is 0 Å². The van der Waals surface area contributed by atoms with Crippen molar-refractivity contribution in [3.8, 4) is 28.6 Å². The van der Waals surface area contributed by atoms with Gasteiger partial charge in [0.1, 0.15) is 77.2 Å². The highest BCUT2D eigenvalue weighted by molar-refractivity contribution is 5.91. The molecule has 0 spiro atoms. The van der Waals surface area contributed by atoms with Crippen molar-refractivity contribution in [2.24, 2.45) is 0 Å². The minimum atomic E-state index is -1.85. The van der Waals surface area contributed by atoms with E-state index in [-0.39, 0.29) is 11.5 Å². The van der Waals surface area contributed by atoms with Crippen molar-refractivity contribution in [2.75, 3.05) is 13.2 Å². The summed E-state index contributed by atoms with van der Waals surface area (Å²) in [6.07, 6.45) is -13.3. The van der Waals surface area contributed by atoms with E-state index in [0.29, 0.717) is 5.56 Å². The molecule has 2 aliphatic rings. The Morgan fingerprint density at radius 3 is 1.76 bits per heavy atom. The number of phenols is 3. The van der Waals surface area contributed by atoms with Crippen LogP contribution in [0.2, 0.25) is 0 Å². The number of phenolic OH excluding ortho intramolecular Hbond substituents is 3. The largest absolute Gasteiger partial charge is 0.508 e. The lowest BCUT2D eigenvalue weighted by atomic mass is 9.87. The number of fused-ring (bicyclic) bond motifs is 1. The van der Waals surface area contributed by atoms with Crippen LogP contribution in [0.3, 0.4) is 0 Å². The van der Waals surface area contributed by atoms with E-state index in [1.54, 1.807) is 0 Å². The van der Waals surface area contributed by atoms with Crippen molar-refractivity contribution in [3.05, 3.63) is 51.7 Å². The average molecular weight is 534 g/mol. The van der Waals surface area contributed by atoms with Gasteiger partial charge in [-0.3, -0.25) is 4.79 Å². The Labute approximate surface area is 213 Å². The SMILES string of the molecule is O=c1cc(-c2ccc(O)cc2)oc2c([C@H]3OC[C@@H](O)[C@@H](O)[C@@H]3O)c(O)c([C@H]3OC[C@@H](O)[C@@H](O)[C@H]3O)c(O)c12. The normalized spacial score (nSPS) is 31.9. The molecule has 0 amide bonds. The van der Waals surface area contributed by atoms with Crippen LogP contribution in [-0.4, -0.2) is 95.8 Å². The summed E-state index contributed by atoms with van der Waals surface area (Å²) in [6.45, 7) is -0.966. The van der Waals surface area contributed by atoms with Gasteiger partial charge in [-0.05, 0) is 24.3 Å². The van der Waals surface area contributed by atoms with Crippen LogP contribution >= 0.6 is 0 Å². The lowest BCUT2D eigenvalue weighted by molar-refractivity contribution is -0.191. The van der Waals surface area contributed by atoms with Crippen molar-refractivity contribution in [3.63, 3.8) is 0 Å². The molecule has 0 radical (unpaired) electrons. The van der Waals surface area contributed by atoms with Crippen molar-refractivity contribution in [1.29, 1.82) is 0 Å². The summed E-state index contributed by atoms with van der Waals surface area (Å²) < 4.78 is 16.8. The van der Waals surface area contributed by atoms with E-state index in [1.165, 1.54) is 24.3 Å². The molecule has 0 saturated carbocycles. The Balaban J connectivity index is 1.80. The molecule has 38 heavy (non-hydrogen) atoms. The smallest absolute Gasteiger partial charge is 0.197 e. The predicted molar refractivity (Wildman–Crippen MR) is 126 cm³/mol. The molecule has 9 N–H and O–H groups in total. The van der Waals surface area contributed by atoms with Crippen LogP contribution in [0.15, 0.2) is 39.5 Å². The first-order chi connectivity index (χ1) is 18.0. The third-order valence-corrected chi connectivity index (χ3v) is 6.92. The molecule has 2 aliphatic heterocycles. The zero-order chi connectivity index (χ0) is 27.5. The van der Waals surface area contributed by atoms with Crippen LogP contribution in [0.4, 0.5) is 0 Å². The summed E-state index contributed by atoms with van der Waals surface area (Å²) in [5.41, 5.74) is -1.86. The van der Waals surface area contributed by atoms with E-state index in [4.69, 9.17) is 13.9 Å². The van der Waals surface area contributed by atoms with Crippen LogP contribution in [0.25, 0.3) is 22.3 Å². The van der Waals surface area contributed by atoms with Gasteiger partial charge in [0.2, 0.25) is 0 Å². The van der Waals surface area contributed by atoms with Crippen molar-refractivity contribution >= 4 is 11.0 Å². The maximum absolute atomic E-state index is 13.3. The fourth-order valence-corrected chi connectivity index (χ4v) is 4.83. The van der Waals surface area contributed by atoms with E-state index in [1.807, 2.05) is 0 Å². The standard InChI is InChI=1S/C25H26O13/c26-9-3-1-8(2-4-9)13-5-10(27)14-19(32)15(24-21(34)17(30)11(28)6-36-24)20(33)16(23(14)38-13)25-22(35)18(31)12(29)7-37-25/h1-5,11-12,17-18,21-22,24-26,28-35H,6-7H2/t11-,12-,17-,18-,21-,22+,24-,25-/m1/s1. The zero-order valence-electron chi connectivity index (χ0n) is 19.6. The molecule has 3 heterocycles. The molecular weight excluding hydrogens is 508 g/mol. The molecular formula is C25H26O13. The van der Waals surface area contributed by atoms with Crippen LogP contribution < -0.4 is 5.43 Å². The summed E-state index contributed by atoms with van der Waals surface area (Å²) in [5, 5.41) is 93.1. The first-order valence-corrected chi connectivity index (χ1v) is 11.7. The third kappa shape index (κ3) is 4.19. The number of benzene rings is 2. The Hall–Kier alpha value is -3.27. The molecule has 13 nitrogen and oxygen atoms in total. The maximum Gasteiger partial charge on any atom is 0.197 e. The van der Waals surface area contributed by atoms with Gasteiger partial charge in [-0.2, -0.15) is 0 Å². The Bertz CT molecular complexity index is 1400. The minimum Gasteiger partial charge on any atom is -0.508 e. The van der Waals surface area contributed by atoms with Crippen molar-refractivity contribution < 1.29 is 59.8 Å². The summed E-state index contributed by atoms with van der Waals surface area (Å²) in [7, 11) is 0. The van der Waals surface area contributed by atoms with E-state index >= 15 is 0 Å². The van der Waals surface area contributed by atoms with Gasteiger partial charge in [-0.1, -0.05) is 0 Å². The quantitative estimate of drug-likeness (QED) is 0.194. The highest BCUT2D eigenvalue weighted by Gasteiger charge is 2.46. The molecule has 0 bridgehead atoms. The summed E-state index contributed by atoms with van der Waals surface area (Å²) in [5.74, 6) is -1.80. The van der Waals surface area contributed by atoms with Crippen molar-refractivity contribution in [2.45, 2.75) is 48.8 Å². The zero-order valence-corrected chi connectivity index (χ0v) is 19.6. The van der Waals surface area contributed by atoms with Crippen LogP contribution in [-0.2, 0) is 9.47 Å². The van der Waals surface area contributed by atoms with Crippen LogP contribution in [0, 0.1) is 0 Å². The summed E-state index contributed by atoms with van der Waals surface area (Å²) in [6, 6.07) is 6.60. The van der Waals surface area contributed by atoms with Gasteiger partial charge in [0, 0.05) is 11.6 Å². The molecule has 204 valence electrons. The fraction of sp³-hybridized carbons (Fsp3) is 0.400. The first kappa shape index (κ1) is 26.3. The fourth-order valence-electron chi connectivity index (χ4n) is 4.83. The third-order valence-electron chi connectivity index (χ3n) is 6.92.